The molecule has 7 heteroatoms. The molecule has 1 saturated carbocycles. The van der Waals surface area contributed by atoms with Crippen LogP contribution in [-0.2, 0) is 14.4 Å². The van der Waals surface area contributed by atoms with Gasteiger partial charge in [-0.15, -0.1) is 0 Å². The van der Waals surface area contributed by atoms with Crippen LogP contribution in [0.4, 0.5) is 5.69 Å². The van der Waals surface area contributed by atoms with Crippen molar-refractivity contribution in [2.45, 2.75) is 58.9 Å². The monoisotopic (exact) mass is 403 g/mol. The number of carboxylic acid groups (broad SMARTS) is 1. The van der Waals surface area contributed by atoms with E-state index in [2.05, 4.69) is 10.2 Å². The highest BCUT2D eigenvalue weighted by Crippen LogP contribution is 2.27. The van der Waals surface area contributed by atoms with Crippen LogP contribution in [0.3, 0.4) is 0 Å². The number of hydrogen-bond acceptors (Lipinski definition) is 4. The van der Waals surface area contributed by atoms with Crippen molar-refractivity contribution in [2.24, 2.45) is 0 Å². The first kappa shape index (κ1) is 22.9. The number of carbonyl (C=O) groups is 3. The largest absolute Gasteiger partial charge is 0.481 e. The van der Waals surface area contributed by atoms with Gasteiger partial charge in [0, 0.05) is 37.8 Å². The van der Waals surface area contributed by atoms with Gasteiger partial charge in [-0.2, -0.15) is 0 Å². The number of aliphatic carboxylic acids is 1. The number of benzene rings is 1. The summed E-state index contributed by atoms with van der Waals surface area (Å²) in [7, 11) is 0. The summed E-state index contributed by atoms with van der Waals surface area (Å²) >= 11 is 0. The molecule has 0 atom stereocenters. The zero-order valence-electron chi connectivity index (χ0n) is 17.7. The normalized spacial score (nSPS) is 13.4. The van der Waals surface area contributed by atoms with E-state index in [1.54, 1.807) is 4.90 Å². The lowest BCUT2D eigenvalue weighted by molar-refractivity contribution is -0.138. The Bertz CT molecular complexity index is 731. The van der Waals surface area contributed by atoms with Gasteiger partial charge in [0.25, 0.3) is 0 Å². The van der Waals surface area contributed by atoms with Gasteiger partial charge >= 0.3 is 5.97 Å². The van der Waals surface area contributed by atoms with Gasteiger partial charge < -0.3 is 15.3 Å². The quantitative estimate of drug-likeness (QED) is 0.560. The maximum absolute atomic E-state index is 12.6. The van der Waals surface area contributed by atoms with Crippen molar-refractivity contribution in [1.82, 2.24) is 9.80 Å². The predicted molar refractivity (Wildman–Crippen MR) is 113 cm³/mol. The molecule has 160 valence electrons. The van der Waals surface area contributed by atoms with E-state index in [9.17, 15) is 14.4 Å². The molecular formula is C22H33N3O4. The Morgan fingerprint density at radius 3 is 2.45 bits per heavy atom. The smallest absolute Gasteiger partial charge is 0.305 e. The van der Waals surface area contributed by atoms with E-state index in [0.717, 1.165) is 36.1 Å². The standard InChI is InChI=1S/C22H33N3O4/c1-4-11-24(13-10-22(28)29)21(27)9-12-25(18-7-8-18)15-20(26)23-19-14-16(2)5-6-17(19)3/h5-6,14,18H,4,7-13,15H2,1-3H3,(H,23,26)(H,28,29). The molecule has 2 N–H and O–H groups in total. The molecule has 0 saturated heterocycles. The number of aryl methyl sites for hydroxylation is 2. The van der Waals surface area contributed by atoms with Crippen LogP contribution in [0.1, 0.15) is 50.2 Å². The van der Waals surface area contributed by atoms with Crippen molar-refractivity contribution in [3.8, 4) is 0 Å². The van der Waals surface area contributed by atoms with E-state index in [1.165, 1.54) is 0 Å². The van der Waals surface area contributed by atoms with Crippen LogP contribution in [0, 0.1) is 13.8 Å². The number of hydrogen-bond donors (Lipinski definition) is 2. The molecule has 1 aliphatic carbocycles. The van der Waals surface area contributed by atoms with E-state index in [1.807, 2.05) is 39.0 Å². The Labute approximate surface area is 173 Å². The van der Waals surface area contributed by atoms with Gasteiger partial charge in [-0.25, -0.2) is 0 Å². The maximum atomic E-state index is 12.6. The van der Waals surface area contributed by atoms with E-state index < -0.39 is 5.97 Å². The molecule has 0 bridgehead atoms. The highest BCUT2D eigenvalue weighted by atomic mass is 16.4. The highest BCUT2D eigenvalue weighted by molar-refractivity contribution is 5.93. The fraction of sp³-hybridized carbons (Fsp3) is 0.591. The van der Waals surface area contributed by atoms with Crippen LogP contribution in [0.25, 0.3) is 0 Å². The number of carbonyl (C=O) groups excluding carboxylic acids is 2. The summed E-state index contributed by atoms with van der Waals surface area (Å²) in [6.07, 6.45) is 3.13. The predicted octanol–water partition coefficient (Wildman–Crippen LogP) is 2.81. The first-order chi connectivity index (χ1) is 13.8. The van der Waals surface area contributed by atoms with Crippen molar-refractivity contribution >= 4 is 23.5 Å². The van der Waals surface area contributed by atoms with Gasteiger partial charge in [-0.05, 0) is 50.3 Å². The molecular weight excluding hydrogens is 370 g/mol. The third-order valence-corrected chi connectivity index (χ3v) is 5.13. The molecule has 0 aliphatic heterocycles. The van der Waals surface area contributed by atoms with Crippen LogP contribution in [0.15, 0.2) is 18.2 Å². The van der Waals surface area contributed by atoms with Gasteiger partial charge in [0.1, 0.15) is 0 Å². The number of rotatable bonds is 12. The van der Waals surface area contributed by atoms with Gasteiger partial charge in [0.15, 0.2) is 0 Å². The Hall–Kier alpha value is -2.41. The number of amides is 2. The molecule has 29 heavy (non-hydrogen) atoms. The van der Waals surface area contributed by atoms with E-state index in [4.69, 9.17) is 5.11 Å². The second-order valence-electron chi connectivity index (χ2n) is 7.84. The van der Waals surface area contributed by atoms with Crippen LogP contribution >= 0.6 is 0 Å². The van der Waals surface area contributed by atoms with Gasteiger partial charge in [-0.3, -0.25) is 19.3 Å². The van der Waals surface area contributed by atoms with Crippen molar-refractivity contribution < 1.29 is 19.5 Å². The molecule has 1 aromatic rings. The highest BCUT2D eigenvalue weighted by Gasteiger charge is 2.31. The molecule has 0 aromatic heterocycles. The summed E-state index contributed by atoms with van der Waals surface area (Å²) < 4.78 is 0. The van der Waals surface area contributed by atoms with E-state index >= 15 is 0 Å². The molecule has 1 aromatic carbocycles. The van der Waals surface area contributed by atoms with Crippen molar-refractivity contribution in [1.29, 1.82) is 0 Å². The van der Waals surface area contributed by atoms with E-state index in [0.29, 0.717) is 25.6 Å². The van der Waals surface area contributed by atoms with Gasteiger partial charge in [0.05, 0.1) is 13.0 Å². The topological polar surface area (TPSA) is 90.0 Å². The first-order valence-electron chi connectivity index (χ1n) is 10.4. The van der Waals surface area contributed by atoms with Crippen molar-refractivity contribution in [3.63, 3.8) is 0 Å². The SMILES string of the molecule is CCCN(CCC(=O)O)C(=O)CCN(CC(=O)Nc1cc(C)ccc1C)C1CC1. The fourth-order valence-corrected chi connectivity index (χ4v) is 3.33. The summed E-state index contributed by atoms with van der Waals surface area (Å²) in [6.45, 7) is 7.48. The summed E-state index contributed by atoms with van der Waals surface area (Å²) in [4.78, 5) is 39.6. The maximum Gasteiger partial charge on any atom is 0.305 e. The Balaban J connectivity index is 1.89. The third kappa shape index (κ3) is 7.85. The van der Waals surface area contributed by atoms with Crippen LogP contribution < -0.4 is 5.32 Å². The summed E-state index contributed by atoms with van der Waals surface area (Å²) in [6, 6.07) is 6.32. The summed E-state index contributed by atoms with van der Waals surface area (Å²) in [5.41, 5.74) is 2.93. The average Bonchev–Trinajstić information content (AvgIpc) is 3.49. The number of nitrogens with one attached hydrogen (secondary N) is 1. The number of nitrogens with zero attached hydrogens (tertiary/aromatic N) is 2. The Morgan fingerprint density at radius 1 is 1.10 bits per heavy atom. The molecule has 0 unspecified atom stereocenters. The number of carboxylic acids is 1. The van der Waals surface area contributed by atoms with Crippen molar-refractivity contribution in [3.05, 3.63) is 29.3 Å². The van der Waals surface area contributed by atoms with Gasteiger partial charge in [-0.1, -0.05) is 19.1 Å². The second kappa shape index (κ2) is 11.0. The molecule has 0 spiro atoms. The van der Waals surface area contributed by atoms with Gasteiger partial charge in [0.2, 0.25) is 11.8 Å². The second-order valence-corrected chi connectivity index (χ2v) is 7.84. The molecule has 2 rings (SSSR count). The minimum Gasteiger partial charge on any atom is -0.481 e. The molecule has 2 amide bonds. The fourth-order valence-electron chi connectivity index (χ4n) is 3.33. The zero-order valence-corrected chi connectivity index (χ0v) is 17.7. The average molecular weight is 404 g/mol. The minimum atomic E-state index is -0.901. The van der Waals surface area contributed by atoms with Crippen LogP contribution in [-0.4, -0.2) is 64.9 Å². The summed E-state index contributed by atoms with van der Waals surface area (Å²) in [5, 5.41) is 11.9. The molecule has 1 fully saturated rings. The molecule has 7 nitrogen and oxygen atoms in total. The van der Waals surface area contributed by atoms with Crippen molar-refractivity contribution in [2.75, 3.05) is 31.5 Å². The Kier molecular flexibility index (Phi) is 8.64. The molecule has 0 radical (unpaired) electrons. The summed E-state index contributed by atoms with van der Waals surface area (Å²) in [5.74, 6) is -1.02. The lowest BCUT2D eigenvalue weighted by atomic mass is 10.1. The molecule has 0 heterocycles. The Morgan fingerprint density at radius 2 is 1.83 bits per heavy atom. The van der Waals surface area contributed by atoms with E-state index in [-0.39, 0.29) is 31.3 Å². The zero-order chi connectivity index (χ0) is 21.4. The van der Waals surface area contributed by atoms with Crippen LogP contribution in [0.2, 0.25) is 0 Å². The lowest BCUT2D eigenvalue weighted by Gasteiger charge is -2.25. The lowest BCUT2D eigenvalue weighted by Crippen LogP contribution is -2.39. The molecule has 1 aliphatic rings. The van der Waals surface area contributed by atoms with Crippen LogP contribution in [0.5, 0.6) is 0 Å². The first-order valence-corrected chi connectivity index (χ1v) is 10.4. The number of anilines is 1. The third-order valence-electron chi connectivity index (χ3n) is 5.13. The minimum absolute atomic E-state index is 0.0453.